The molecule has 0 atom stereocenters. The van der Waals surface area contributed by atoms with Gasteiger partial charge in [-0.2, -0.15) is 0 Å². The Hall–Kier alpha value is -2.31. The molecule has 1 aromatic carbocycles. The second-order valence-electron chi connectivity index (χ2n) is 6.37. The predicted molar refractivity (Wildman–Crippen MR) is 94.9 cm³/mol. The van der Waals surface area contributed by atoms with Gasteiger partial charge in [0.15, 0.2) is 0 Å². The molecule has 0 saturated carbocycles. The van der Waals surface area contributed by atoms with Crippen molar-refractivity contribution in [3.05, 3.63) is 32.7 Å². The Balaban J connectivity index is 2.29. The van der Waals surface area contributed by atoms with Gasteiger partial charge in [0.25, 0.3) is 5.69 Å². The van der Waals surface area contributed by atoms with Crippen molar-refractivity contribution >= 4 is 22.4 Å². The molecule has 1 saturated heterocycles. The van der Waals surface area contributed by atoms with Crippen LogP contribution in [-0.4, -0.2) is 27.1 Å². The Morgan fingerprint density at radius 1 is 1.04 bits per heavy atom. The normalized spacial score (nSPS) is 14.7. The Kier molecular flexibility index (Phi) is 4.59. The minimum Gasteiger partial charge on any atom is -0.366 e. The van der Waals surface area contributed by atoms with Crippen LogP contribution in [0.15, 0.2) is 16.9 Å². The highest BCUT2D eigenvalue weighted by Gasteiger charge is 2.26. The zero-order valence-corrected chi connectivity index (χ0v) is 14.3. The average molecular weight is 332 g/mol. The third kappa shape index (κ3) is 2.68. The molecule has 1 aliphatic heterocycles. The summed E-state index contributed by atoms with van der Waals surface area (Å²) in [6.07, 6.45) is 3.76. The molecule has 7 nitrogen and oxygen atoms in total. The van der Waals surface area contributed by atoms with E-state index in [1.165, 1.54) is 0 Å². The number of benzene rings is 1. The molecule has 0 amide bonds. The van der Waals surface area contributed by atoms with E-state index in [0.29, 0.717) is 24.3 Å². The minimum atomic E-state index is -0.328. The standard InChI is InChI=1S/C17H24N4O3/c1-3-7-19-14-11-13(18-9-5-6-10-18)16(21(23)24)12-15(14)20(8-4-2)17(19)22/h11-12H,3-10H2,1-2H3. The maximum atomic E-state index is 12.7. The van der Waals surface area contributed by atoms with Crippen molar-refractivity contribution in [3.8, 4) is 0 Å². The van der Waals surface area contributed by atoms with Gasteiger partial charge in [0.2, 0.25) is 0 Å². The summed E-state index contributed by atoms with van der Waals surface area (Å²) in [6.45, 7) is 6.90. The molecule has 0 aliphatic carbocycles. The maximum absolute atomic E-state index is 12.7. The fourth-order valence-corrected chi connectivity index (χ4v) is 3.58. The first-order valence-electron chi connectivity index (χ1n) is 8.74. The van der Waals surface area contributed by atoms with Gasteiger partial charge < -0.3 is 4.90 Å². The van der Waals surface area contributed by atoms with Gasteiger partial charge in [-0.05, 0) is 31.7 Å². The number of aryl methyl sites for hydroxylation is 2. The molecule has 3 rings (SSSR count). The highest BCUT2D eigenvalue weighted by molar-refractivity contribution is 5.86. The van der Waals surface area contributed by atoms with Crippen LogP contribution in [0, 0.1) is 10.1 Å². The monoisotopic (exact) mass is 332 g/mol. The van der Waals surface area contributed by atoms with Gasteiger partial charge >= 0.3 is 5.69 Å². The topological polar surface area (TPSA) is 73.3 Å². The lowest BCUT2D eigenvalue weighted by Crippen LogP contribution is -2.24. The van der Waals surface area contributed by atoms with E-state index in [9.17, 15) is 14.9 Å². The molecule has 0 bridgehead atoms. The molecule has 2 aromatic rings. The van der Waals surface area contributed by atoms with E-state index in [-0.39, 0.29) is 16.3 Å². The van der Waals surface area contributed by atoms with Crippen molar-refractivity contribution in [1.82, 2.24) is 9.13 Å². The summed E-state index contributed by atoms with van der Waals surface area (Å²) in [5, 5.41) is 11.6. The Morgan fingerprint density at radius 3 is 2.08 bits per heavy atom. The average Bonchev–Trinajstić information content (AvgIpc) is 3.17. The van der Waals surface area contributed by atoms with Gasteiger partial charge in [-0.15, -0.1) is 0 Å². The Bertz CT molecular complexity index is 815. The van der Waals surface area contributed by atoms with Crippen LogP contribution in [0.25, 0.3) is 11.0 Å². The van der Waals surface area contributed by atoms with Crippen molar-refractivity contribution < 1.29 is 4.92 Å². The van der Waals surface area contributed by atoms with Crippen LogP contribution in [0.3, 0.4) is 0 Å². The lowest BCUT2D eigenvalue weighted by molar-refractivity contribution is -0.384. The van der Waals surface area contributed by atoms with E-state index in [1.807, 2.05) is 19.9 Å². The Morgan fingerprint density at radius 2 is 1.58 bits per heavy atom. The molecule has 1 aromatic heterocycles. The van der Waals surface area contributed by atoms with Crippen molar-refractivity contribution in [2.45, 2.75) is 52.6 Å². The summed E-state index contributed by atoms with van der Waals surface area (Å²) in [6, 6.07) is 3.44. The fraction of sp³-hybridized carbons (Fsp3) is 0.588. The van der Waals surface area contributed by atoms with Crippen LogP contribution in [0.4, 0.5) is 11.4 Å². The van der Waals surface area contributed by atoms with Gasteiger partial charge in [0.05, 0.1) is 16.0 Å². The molecule has 2 heterocycles. The summed E-state index contributed by atoms with van der Waals surface area (Å²) in [7, 11) is 0. The van der Waals surface area contributed by atoms with E-state index in [4.69, 9.17) is 0 Å². The molecule has 0 radical (unpaired) electrons. The quantitative estimate of drug-likeness (QED) is 0.602. The summed E-state index contributed by atoms with van der Waals surface area (Å²) >= 11 is 0. The van der Waals surface area contributed by atoms with Gasteiger partial charge in [0.1, 0.15) is 5.69 Å². The second kappa shape index (κ2) is 6.67. The van der Waals surface area contributed by atoms with Crippen LogP contribution >= 0.6 is 0 Å². The first-order valence-corrected chi connectivity index (χ1v) is 8.74. The SMILES string of the molecule is CCCn1c(=O)n(CCC)c2cc([N+](=O)[O-])c(N3CCCC3)cc21. The number of fused-ring (bicyclic) bond motifs is 1. The molecular formula is C17H24N4O3. The molecule has 24 heavy (non-hydrogen) atoms. The number of nitrogens with zero attached hydrogens (tertiary/aromatic N) is 4. The number of rotatable bonds is 6. The largest absolute Gasteiger partial charge is 0.366 e. The third-order valence-electron chi connectivity index (χ3n) is 4.65. The summed E-state index contributed by atoms with van der Waals surface area (Å²) < 4.78 is 3.43. The van der Waals surface area contributed by atoms with Crippen LogP contribution < -0.4 is 10.6 Å². The predicted octanol–water partition coefficient (Wildman–Crippen LogP) is 3.13. The van der Waals surface area contributed by atoms with Crippen molar-refractivity contribution in [1.29, 1.82) is 0 Å². The molecule has 0 N–H and O–H groups in total. The van der Waals surface area contributed by atoms with Crippen LogP contribution in [0.1, 0.15) is 39.5 Å². The highest BCUT2D eigenvalue weighted by Crippen LogP contribution is 2.34. The minimum absolute atomic E-state index is 0.0680. The molecule has 0 spiro atoms. The van der Waals surface area contributed by atoms with E-state index in [1.54, 1.807) is 15.2 Å². The lowest BCUT2D eigenvalue weighted by Gasteiger charge is -2.18. The first kappa shape index (κ1) is 16.5. The van der Waals surface area contributed by atoms with Gasteiger partial charge in [-0.25, -0.2) is 4.79 Å². The number of hydrogen-bond donors (Lipinski definition) is 0. The second-order valence-corrected chi connectivity index (χ2v) is 6.37. The molecule has 7 heteroatoms. The van der Waals surface area contributed by atoms with E-state index >= 15 is 0 Å². The molecule has 1 fully saturated rings. The van der Waals surface area contributed by atoms with Crippen LogP contribution in [0.5, 0.6) is 0 Å². The Labute approximate surface area is 140 Å². The summed E-state index contributed by atoms with van der Waals surface area (Å²) in [5.74, 6) is 0. The van der Waals surface area contributed by atoms with Gasteiger partial charge in [-0.3, -0.25) is 19.2 Å². The number of aromatic nitrogens is 2. The molecule has 1 aliphatic rings. The van der Waals surface area contributed by atoms with Gasteiger partial charge in [0, 0.05) is 32.2 Å². The van der Waals surface area contributed by atoms with Crippen molar-refractivity contribution in [3.63, 3.8) is 0 Å². The number of hydrogen-bond acceptors (Lipinski definition) is 4. The number of anilines is 1. The molecular weight excluding hydrogens is 308 g/mol. The number of nitro groups is 1. The van der Waals surface area contributed by atoms with Crippen LogP contribution in [0.2, 0.25) is 0 Å². The zero-order valence-electron chi connectivity index (χ0n) is 14.3. The van der Waals surface area contributed by atoms with Crippen LogP contribution in [-0.2, 0) is 13.1 Å². The van der Waals surface area contributed by atoms with Gasteiger partial charge in [-0.1, -0.05) is 13.8 Å². The van der Waals surface area contributed by atoms with Crippen molar-refractivity contribution in [2.75, 3.05) is 18.0 Å². The van der Waals surface area contributed by atoms with E-state index in [0.717, 1.165) is 44.3 Å². The summed E-state index contributed by atoms with van der Waals surface area (Å²) in [5.41, 5.74) is 2.15. The smallest absolute Gasteiger partial charge is 0.329 e. The fourth-order valence-electron chi connectivity index (χ4n) is 3.58. The molecule has 0 unspecified atom stereocenters. The van der Waals surface area contributed by atoms with E-state index in [2.05, 4.69) is 4.90 Å². The maximum Gasteiger partial charge on any atom is 0.329 e. The number of imidazole rings is 1. The highest BCUT2D eigenvalue weighted by atomic mass is 16.6. The zero-order chi connectivity index (χ0) is 17.3. The number of nitro benzene ring substituents is 1. The van der Waals surface area contributed by atoms with Crippen molar-refractivity contribution in [2.24, 2.45) is 0 Å². The lowest BCUT2D eigenvalue weighted by atomic mass is 10.2. The first-order chi connectivity index (χ1) is 11.6. The molecule has 130 valence electrons. The third-order valence-corrected chi connectivity index (χ3v) is 4.65. The van der Waals surface area contributed by atoms with E-state index < -0.39 is 0 Å². The summed E-state index contributed by atoms with van der Waals surface area (Å²) in [4.78, 5) is 26.1.